The average Bonchev–Trinajstić information content (AvgIpc) is 2.60. The highest BCUT2D eigenvalue weighted by Crippen LogP contribution is 2.47. The predicted octanol–water partition coefficient (Wildman–Crippen LogP) is 2.42. The second-order valence-electron chi connectivity index (χ2n) is 5.00. The lowest BCUT2D eigenvalue weighted by Crippen LogP contribution is -2.31. The number of nitrogens with one attached hydrogen (secondary N) is 1. The summed E-state index contributed by atoms with van der Waals surface area (Å²) < 4.78 is 0. The zero-order valence-corrected chi connectivity index (χ0v) is 8.34. The summed E-state index contributed by atoms with van der Waals surface area (Å²) in [6.45, 7) is 5.76. The largest absolute Gasteiger partial charge is 0.314 e. The van der Waals surface area contributed by atoms with Gasteiger partial charge in [0.15, 0.2) is 0 Å². The van der Waals surface area contributed by atoms with Crippen LogP contribution < -0.4 is 5.32 Å². The van der Waals surface area contributed by atoms with Crippen molar-refractivity contribution in [3.05, 3.63) is 0 Å². The van der Waals surface area contributed by atoms with E-state index < -0.39 is 0 Å². The first-order chi connectivity index (χ1) is 5.75. The SMILES string of the molecule is CC(C)NCC1C[C@@H]2CC[C@H]1C2. The normalized spacial score (nSPS) is 39.8. The molecule has 2 saturated carbocycles. The van der Waals surface area contributed by atoms with Crippen LogP contribution in [0.15, 0.2) is 0 Å². The van der Waals surface area contributed by atoms with Crippen molar-refractivity contribution in [2.75, 3.05) is 6.54 Å². The van der Waals surface area contributed by atoms with Crippen LogP contribution in [0.2, 0.25) is 0 Å². The number of hydrogen-bond acceptors (Lipinski definition) is 1. The van der Waals surface area contributed by atoms with E-state index in [1.165, 1.54) is 25.8 Å². The molecule has 3 atom stereocenters. The summed E-state index contributed by atoms with van der Waals surface area (Å²) in [5.74, 6) is 3.21. The standard InChI is InChI=1S/C11H21N/c1-8(2)12-7-11-6-9-3-4-10(11)5-9/h8-12H,3-7H2,1-2H3/t9-,10+,11?/m1/s1. The molecule has 0 spiro atoms. The van der Waals surface area contributed by atoms with Gasteiger partial charge >= 0.3 is 0 Å². The Morgan fingerprint density at radius 3 is 2.58 bits per heavy atom. The Hall–Kier alpha value is -0.0400. The molecular formula is C11H21N. The average molecular weight is 167 g/mol. The van der Waals surface area contributed by atoms with Gasteiger partial charge < -0.3 is 5.32 Å². The molecule has 0 radical (unpaired) electrons. The molecule has 2 aliphatic carbocycles. The van der Waals surface area contributed by atoms with Crippen molar-refractivity contribution >= 4 is 0 Å². The lowest BCUT2D eigenvalue weighted by molar-refractivity contribution is 0.311. The minimum absolute atomic E-state index is 0.670. The first kappa shape index (κ1) is 8.55. The van der Waals surface area contributed by atoms with Crippen molar-refractivity contribution in [2.45, 2.75) is 45.6 Å². The van der Waals surface area contributed by atoms with Gasteiger partial charge in [0.25, 0.3) is 0 Å². The van der Waals surface area contributed by atoms with Gasteiger partial charge in [0.05, 0.1) is 0 Å². The Kier molecular flexibility index (Phi) is 2.40. The Labute approximate surface area is 75.9 Å². The van der Waals surface area contributed by atoms with Gasteiger partial charge in [0, 0.05) is 6.04 Å². The van der Waals surface area contributed by atoms with Gasteiger partial charge in [-0.1, -0.05) is 20.3 Å². The topological polar surface area (TPSA) is 12.0 Å². The molecule has 1 heteroatoms. The summed E-state index contributed by atoms with van der Waals surface area (Å²) in [6.07, 6.45) is 6.12. The maximum absolute atomic E-state index is 3.57. The van der Waals surface area contributed by atoms with Crippen LogP contribution in [0.1, 0.15) is 39.5 Å². The molecule has 0 aromatic carbocycles. The van der Waals surface area contributed by atoms with Crippen LogP contribution in [0.5, 0.6) is 0 Å². The van der Waals surface area contributed by atoms with Crippen molar-refractivity contribution in [3.63, 3.8) is 0 Å². The van der Waals surface area contributed by atoms with E-state index in [1.807, 2.05) is 0 Å². The highest BCUT2D eigenvalue weighted by atomic mass is 14.9. The third-order valence-corrected chi connectivity index (χ3v) is 3.67. The summed E-state index contributed by atoms with van der Waals surface area (Å²) in [7, 11) is 0. The number of fused-ring (bicyclic) bond motifs is 2. The van der Waals surface area contributed by atoms with E-state index in [2.05, 4.69) is 19.2 Å². The van der Waals surface area contributed by atoms with Crippen LogP contribution in [0.25, 0.3) is 0 Å². The summed E-state index contributed by atoms with van der Waals surface area (Å²) in [5.41, 5.74) is 0. The molecule has 1 unspecified atom stereocenters. The fourth-order valence-electron chi connectivity index (χ4n) is 3.01. The molecule has 0 aromatic heterocycles. The summed E-state index contributed by atoms with van der Waals surface area (Å²) in [5, 5.41) is 3.57. The Bertz CT molecular complexity index is 153. The second-order valence-corrected chi connectivity index (χ2v) is 5.00. The van der Waals surface area contributed by atoms with Gasteiger partial charge in [-0.15, -0.1) is 0 Å². The molecule has 2 fully saturated rings. The highest BCUT2D eigenvalue weighted by molar-refractivity contribution is 4.90. The molecule has 2 aliphatic rings. The van der Waals surface area contributed by atoms with Crippen LogP contribution in [0.3, 0.4) is 0 Å². The van der Waals surface area contributed by atoms with Crippen molar-refractivity contribution in [2.24, 2.45) is 17.8 Å². The molecule has 2 rings (SSSR count). The van der Waals surface area contributed by atoms with Gasteiger partial charge in [-0.3, -0.25) is 0 Å². The maximum Gasteiger partial charge on any atom is 0.00104 e. The van der Waals surface area contributed by atoms with E-state index in [-0.39, 0.29) is 0 Å². The Morgan fingerprint density at radius 1 is 1.25 bits per heavy atom. The molecule has 12 heavy (non-hydrogen) atoms. The lowest BCUT2D eigenvalue weighted by Gasteiger charge is -2.22. The van der Waals surface area contributed by atoms with Crippen molar-refractivity contribution in [3.8, 4) is 0 Å². The minimum Gasteiger partial charge on any atom is -0.314 e. The van der Waals surface area contributed by atoms with Gasteiger partial charge in [0.2, 0.25) is 0 Å². The quantitative estimate of drug-likeness (QED) is 0.680. The molecule has 0 saturated heterocycles. The molecule has 0 heterocycles. The van der Waals surface area contributed by atoms with Gasteiger partial charge in [-0.05, 0) is 43.6 Å². The number of hydrogen-bond donors (Lipinski definition) is 1. The van der Waals surface area contributed by atoms with Crippen LogP contribution in [0, 0.1) is 17.8 Å². The first-order valence-electron chi connectivity index (χ1n) is 5.49. The Balaban J connectivity index is 1.76. The van der Waals surface area contributed by atoms with Gasteiger partial charge in [-0.25, -0.2) is 0 Å². The summed E-state index contributed by atoms with van der Waals surface area (Å²) >= 11 is 0. The van der Waals surface area contributed by atoms with E-state index in [9.17, 15) is 0 Å². The van der Waals surface area contributed by atoms with E-state index in [0.717, 1.165) is 17.8 Å². The monoisotopic (exact) mass is 167 g/mol. The van der Waals surface area contributed by atoms with Crippen LogP contribution in [-0.4, -0.2) is 12.6 Å². The molecule has 70 valence electrons. The second kappa shape index (κ2) is 3.37. The maximum atomic E-state index is 3.57. The molecule has 0 aromatic rings. The molecule has 1 nitrogen and oxygen atoms in total. The van der Waals surface area contributed by atoms with E-state index in [1.54, 1.807) is 6.42 Å². The van der Waals surface area contributed by atoms with Gasteiger partial charge in [0.1, 0.15) is 0 Å². The van der Waals surface area contributed by atoms with E-state index in [4.69, 9.17) is 0 Å². The molecular weight excluding hydrogens is 146 g/mol. The fraction of sp³-hybridized carbons (Fsp3) is 1.00. The summed E-state index contributed by atoms with van der Waals surface area (Å²) in [4.78, 5) is 0. The van der Waals surface area contributed by atoms with Crippen LogP contribution >= 0.6 is 0 Å². The van der Waals surface area contributed by atoms with Crippen molar-refractivity contribution in [1.29, 1.82) is 0 Å². The lowest BCUT2D eigenvalue weighted by atomic mass is 9.89. The molecule has 2 bridgehead atoms. The van der Waals surface area contributed by atoms with Crippen molar-refractivity contribution < 1.29 is 0 Å². The van der Waals surface area contributed by atoms with Gasteiger partial charge in [-0.2, -0.15) is 0 Å². The third kappa shape index (κ3) is 1.66. The zero-order valence-electron chi connectivity index (χ0n) is 8.34. The highest BCUT2D eigenvalue weighted by Gasteiger charge is 2.38. The predicted molar refractivity (Wildman–Crippen MR) is 52.1 cm³/mol. The zero-order chi connectivity index (χ0) is 8.55. The number of rotatable bonds is 3. The summed E-state index contributed by atoms with van der Waals surface area (Å²) in [6, 6.07) is 0.670. The van der Waals surface area contributed by atoms with Crippen LogP contribution in [0.4, 0.5) is 0 Å². The minimum atomic E-state index is 0.670. The smallest absolute Gasteiger partial charge is 0.00104 e. The third-order valence-electron chi connectivity index (χ3n) is 3.67. The first-order valence-corrected chi connectivity index (χ1v) is 5.49. The van der Waals surface area contributed by atoms with Crippen molar-refractivity contribution in [1.82, 2.24) is 5.32 Å². The fourth-order valence-corrected chi connectivity index (χ4v) is 3.01. The molecule has 0 amide bonds. The van der Waals surface area contributed by atoms with E-state index in [0.29, 0.717) is 6.04 Å². The molecule has 0 aliphatic heterocycles. The molecule has 1 N–H and O–H groups in total. The van der Waals surface area contributed by atoms with Crippen LogP contribution in [-0.2, 0) is 0 Å². The Morgan fingerprint density at radius 2 is 2.08 bits per heavy atom. The van der Waals surface area contributed by atoms with E-state index >= 15 is 0 Å².